The molecule has 0 radical (unpaired) electrons. The van der Waals surface area contributed by atoms with Crippen molar-refractivity contribution in [3.8, 4) is 0 Å². The molecule has 1 N–H and O–H groups in total. The number of aromatic nitrogens is 1. The first-order chi connectivity index (χ1) is 15.5. The van der Waals surface area contributed by atoms with E-state index in [4.69, 9.17) is 0 Å². The Labute approximate surface area is 196 Å². The van der Waals surface area contributed by atoms with E-state index in [2.05, 4.69) is 37.9 Å². The second kappa shape index (κ2) is 8.74. The first kappa shape index (κ1) is 21.3. The Morgan fingerprint density at radius 1 is 1.00 bits per heavy atom. The Bertz CT molecular complexity index is 1160. The third-order valence-electron chi connectivity index (χ3n) is 6.94. The van der Waals surface area contributed by atoms with E-state index in [1.165, 1.54) is 6.42 Å². The van der Waals surface area contributed by atoms with E-state index in [1.807, 2.05) is 43.4 Å². The van der Waals surface area contributed by atoms with Gasteiger partial charge in [-0.05, 0) is 55.2 Å². The van der Waals surface area contributed by atoms with Gasteiger partial charge in [-0.15, -0.1) is 0 Å². The molecule has 32 heavy (non-hydrogen) atoms. The largest absolute Gasteiger partial charge is 0.351 e. The van der Waals surface area contributed by atoms with E-state index < -0.39 is 6.04 Å². The predicted octanol–water partition coefficient (Wildman–Crippen LogP) is 5.41. The van der Waals surface area contributed by atoms with Crippen molar-refractivity contribution in [1.29, 1.82) is 0 Å². The number of hydrogen-bond acceptors (Lipinski definition) is 2. The Morgan fingerprint density at radius 2 is 1.72 bits per heavy atom. The van der Waals surface area contributed by atoms with Crippen molar-refractivity contribution in [2.75, 3.05) is 4.90 Å². The van der Waals surface area contributed by atoms with Crippen molar-refractivity contribution in [2.45, 2.75) is 57.0 Å². The normalized spacial score (nSPS) is 19.6. The highest BCUT2D eigenvalue weighted by atomic mass is 79.9. The molecule has 5 rings (SSSR count). The fourth-order valence-corrected chi connectivity index (χ4v) is 5.65. The van der Waals surface area contributed by atoms with Crippen LogP contribution < -0.4 is 10.2 Å². The Kier molecular flexibility index (Phi) is 5.80. The molecule has 2 aromatic carbocycles. The van der Waals surface area contributed by atoms with Crippen molar-refractivity contribution in [2.24, 2.45) is 7.05 Å². The van der Waals surface area contributed by atoms with Gasteiger partial charge >= 0.3 is 0 Å². The number of halogens is 1. The van der Waals surface area contributed by atoms with Gasteiger partial charge in [0.25, 0.3) is 0 Å². The molecule has 2 aliphatic rings. The molecule has 166 valence electrons. The monoisotopic (exact) mass is 493 g/mol. The number of fused-ring (bicyclic) bond motifs is 3. The zero-order valence-corrected chi connectivity index (χ0v) is 19.9. The average molecular weight is 494 g/mol. The first-order valence-corrected chi connectivity index (χ1v) is 12.3. The number of carbonyl (C=O) groups is 2. The summed E-state index contributed by atoms with van der Waals surface area (Å²) in [4.78, 5) is 29.0. The van der Waals surface area contributed by atoms with Gasteiger partial charge in [0.05, 0.1) is 5.69 Å². The number of benzene rings is 2. The number of anilines is 1. The Hall–Kier alpha value is -2.60. The van der Waals surface area contributed by atoms with Crippen LogP contribution in [0.25, 0.3) is 10.9 Å². The summed E-state index contributed by atoms with van der Waals surface area (Å²) in [5, 5.41) is 4.44. The fraction of sp³-hybridized carbons (Fsp3) is 0.385. The lowest BCUT2D eigenvalue weighted by Crippen LogP contribution is -2.47. The van der Waals surface area contributed by atoms with Crippen LogP contribution in [0, 0.1) is 0 Å². The smallest absolute Gasteiger partial charge is 0.249 e. The lowest BCUT2D eigenvalue weighted by Gasteiger charge is -2.33. The van der Waals surface area contributed by atoms with E-state index in [-0.39, 0.29) is 17.9 Å². The summed E-state index contributed by atoms with van der Waals surface area (Å²) in [6.07, 6.45) is 6.54. The van der Waals surface area contributed by atoms with Crippen molar-refractivity contribution < 1.29 is 9.59 Å². The van der Waals surface area contributed by atoms with Gasteiger partial charge in [0.1, 0.15) is 0 Å². The zero-order valence-electron chi connectivity index (χ0n) is 18.3. The zero-order chi connectivity index (χ0) is 22.2. The molecule has 1 atom stereocenters. The lowest BCUT2D eigenvalue weighted by atomic mass is 9.95. The number of nitrogens with zero attached hydrogens (tertiary/aromatic N) is 2. The van der Waals surface area contributed by atoms with Gasteiger partial charge in [-0.25, -0.2) is 0 Å². The summed E-state index contributed by atoms with van der Waals surface area (Å²) in [5.41, 5.74) is 3.88. The minimum Gasteiger partial charge on any atom is -0.351 e. The van der Waals surface area contributed by atoms with Crippen molar-refractivity contribution in [3.05, 3.63) is 64.3 Å². The lowest BCUT2D eigenvalue weighted by molar-refractivity contribution is -0.127. The molecule has 1 aliphatic carbocycles. The van der Waals surface area contributed by atoms with Gasteiger partial charge in [0, 0.05) is 40.6 Å². The highest BCUT2D eigenvalue weighted by Gasteiger charge is 2.40. The molecule has 2 heterocycles. The molecule has 3 aromatic rings. The summed E-state index contributed by atoms with van der Waals surface area (Å²) < 4.78 is 3.05. The molecule has 1 aliphatic heterocycles. The van der Waals surface area contributed by atoms with Gasteiger partial charge < -0.3 is 9.88 Å². The molecule has 2 amide bonds. The van der Waals surface area contributed by atoms with E-state index >= 15 is 0 Å². The molecule has 5 nitrogen and oxygen atoms in total. The fourth-order valence-electron chi connectivity index (χ4n) is 5.38. The minimum atomic E-state index is -0.694. The number of nitrogens with one attached hydrogen (secondary N) is 1. The van der Waals surface area contributed by atoms with Gasteiger partial charge in [-0.3, -0.25) is 14.5 Å². The van der Waals surface area contributed by atoms with Crippen LogP contribution in [-0.4, -0.2) is 22.4 Å². The summed E-state index contributed by atoms with van der Waals surface area (Å²) in [5.74, 6) is -0.0985. The van der Waals surface area contributed by atoms with Crippen LogP contribution in [0.4, 0.5) is 5.69 Å². The number of aryl methyl sites for hydroxylation is 2. The van der Waals surface area contributed by atoms with Gasteiger partial charge in [0.2, 0.25) is 11.8 Å². The summed E-state index contributed by atoms with van der Waals surface area (Å²) in [6, 6.07) is 15.4. The molecule has 1 saturated carbocycles. The molecular formula is C26H28BrN3O2. The highest BCUT2D eigenvalue weighted by molar-refractivity contribution is 9.10. The molecule has 1 unspecified atom stereocenters. The van der Waals surface area contributed by atoms with Crippen molar-refractivity contribution in [1.82, 2.24) is 9.88 Å². The average Bonchev–Trinajstić information content (AvgIpc) is 2.98. The van der Waals surface area contributed by atoms with Crippen molar-refractivity contribution in [3.63, 3.8) is 0 Å². The molecule has 1 fully saturated rings. The second-order valence-electron chi connectivity index (χ2n) is 8.93. The third kappa shape index (κ3) is 3.75. The van der Waals surface area contributed by atoms with Crippen LogP contribution >= 0.6 is 15.9 Å². The maximum absolute atomic E-state index is 13.9. The van der Waals surface area contributed by atoms with E-state index in [0.717, 1.165) is 58.0 Å². The predicted molar refractivity (Wildman–Crippen MR) is 131 cm³/mol. The number of carbonyl (C=O) groups excluding carboxylic acids is 2. The summed E-state index contributed by atoms with van der Waals surface area (Å²) in [7, 11) is 2.01. The van der Waals surface area contributed by atoms with Crippen LogP contribution in [0.3, 0.4) is 0 Å². The van der Waals surface area contributed by atoms with Crippen LogP contribution in [0.2, 0.25) is 0 Å². The summed E-state index contributed by atoms with van der Waals surface area (Å²) in [6.45, 7) is 0. The Morgan fingerprint density at radius 3 is 2.47 bits per heavy atom. The summed E-state index contributed by atoms with van der Waals surface area (Å²) >= 11 is 3.48. The molecule has 0 spiro atoms. The maximum atomic E-state index is 13.9. The van der Waals surface area contributed by atoms with Gasteiger partial charge in [-0.2, -0.15) is 0 Å². The van der Waals surface area contributed by atoms with E-state index in [0.29, 0.717) is 12.8 Å². The molecule has 0 bridgehead atoms. The van der Waals surface area contributed by atoms with Crippen LogP contribution in [0.15, 0.2) is 53.0 Å². The van der Waals surface area contributed by atoms with Crippen LogP contribution in [0.5, 0.6) is 0 Å². The van der Waals surface area contributed by atoms with Gasteiger partial charge in [0.15, 0.2) is 6.04 Å². The first-order valence-electron chi connectivity index (χ1n) is 11.5. The molecule has 6 heteroatoms. The quantitative estimate of drug-likeness (QED) is 0.530. The Balaban J connectivity index is 1.66. The topological polar surface area (TPSA) is 54.3 Å². The van der Waals surface area contributed by atoms with Crippen molar-refractivity contribution >= 4 is 44.3 Å². The maximum Gasteiger partial charge on any atom is 0.249 e. The van der Waals surface area contributed by atoms with E-state index in [9.17, 15) is 9.59 Å². The second-order valence-corrected chi connectivity index (χ2v) is 9.84. The molecule has 0 saturated heterocycles. The number of rotatable bonds is 3. The number of hydrogen-bond donors (Lipinski definition) is 1. The van der Waals surface area contributed by atoms with E-state index in [1.54, 1.807) is 4.90 Å². The highest BCUT2D eigenvalue weighted by Crippen LogP contribution is 2.39. The molecular weight excluding hydrogens is 466 g/mol. The number of para-hydroxylation sites is 1. The number of amides is 2. The minimum absolute atomic E-state index is 0.0172. The van der Waals surface area contributed by atoms with Gasteiger partial charge in [-0.1, -0.05) is 53.4 Å². The van der Waals surface area contributed by atoms with Crippen LogP contribution in [-0.2, 0) is 23.1 Å². The third-order valence-corrected chi connectivity index (χ3v) is 7.47. The van der Waals surface area contributed by atoms with Crippen LogP contribution in [0.1, 0.15) is 55.8 Å². The standard InChI is InChI=1S/C26H28BrN3O2/c1-29-22-10-6-5-9-20(22)21-15-16-23(31)30(19-13-11-17(27)12-14-19)25(24(21)29)26(32)28-18-7-3-2-4-8-18/h5-6,9-14,18,25H,2-4,7-8,15-16H2,1H3,(H,28,32). The SMILES string of the molecule is Cn1c2c(c3ccccc31)CCC(=O)N(c1ccc(Br)cc1)C2C(=O)NC1CCCCC1. The molecule has 1 aromatic heterocycles.